The molecule has 2 aromatic carbocycles. The van der Waals surface area contributed by atoms with Crippen molar-refractivity contribution in [2.75, 3.05) is 43.0 Å². The summed E-state index contributed by atoms with van der Waals surface area (Å²) in [6, 6.07) is 15.4. The third kappa shape index (κ3) is 7.13. The Kier molecular flexibility index (Phi) is 9.37. The van der Waals surface area contributed by atoms with Gasteiger partial charge in [-0.1, -0.05) is 31.2 Å². The monoisotopic (exact) mass is 480 g/mol. The molecule has 2 aromatic rings. The number of esters is 1. The number of rotatable bonds is 10. The number of carbonyl (C=O) groups is 4. The van der Waals surface area contributed by atoms with Gasteiger partial charge in [-0.15, -0.1) is 0 Å². The number of piperazine rings is 1. The van der Waals surface area contributed by atoms with Crippen molar-refractivity contribution in [3.05, 3.63) is 60.2 Å². The highest BCUT2D eigenvalue weighted by atomic mass is 16.5. The zero-order valence-electron chi connectivity index (χ0n) is 20.2. The fourth-order valence-electron chi connectivity index (χ4n) is 3.93. The second-order valence-corrected chi connectivity index (χ2v) is 8.22. The third-order valence-electron chi connectivity index (χ3n) is 5.64. The fraction of sp³-hybridized carbons (Fsp3) is 0.385. The number of nitrogens with one attached hydrogen (secondary N) is 2. The number of hydrogen-bond acceptors (Lipinski definition) is 6. The third-order valence-corrected chi connectivity index (χ3v) is 5.64. The van der Waals surface area contributed by atoms with E-state index < -0.39 is 12.0 Å². The van der Waals surface area contributed by atoms with Crippen molar-refractivity contribution in [2.24, 2.45) is 0 Å². The average molecular weight is 481 g/mol. The Morgan fingerprint density at radius 1 is 1.11 bits per heavy atom. The minimum Gasteiger partial charge on any atom is -0.466 e. The molecule has 2 N–H and O–H groups in total. The molecule has 1 fully saturated rings. The largest absolute Gasteiger partial charge is 0.466 e. The number of para-hydroxylation sites is 1. The maximum Gasteiger partial charge on any atom is 0.307 e. The van der Waals surface area contributed by atoms with Gasteiger partial charge in [0.25, 0.3) is 5.91 Å². The molecule has 0 radical (unpaired) electrons. The summed E-state index contributed by atoms with van der Waals surface area (Å²) >= 11 is 0. The molecule has 0 saturated carbocycles. The highest BCUT2D eigenvalue weighted by Crippen LogP contribution is 2.19. The van der Waals surface area contributed by atoms with Crippen molar-refractivity contribution < 1.29 is 23.9 Å². The fourth-order valence-corrected chi connectivity index (χ4v) is 3.93. The van der Waals surface area contributed by atoms with E-state index in [1.165, 1.54) is 0 Å². The zero-order chi connectivity index (χ0) is 25.2. The summed E-state index contributed by atoms with van der Waals surface area (Å²) in [5, 5.41) is 5.54. The second kappa shape index (κ2) is 12.7. The topological polar surface area (TPSA) is 108 Å². The van der Waals surface area contributed by atoms with Gasteiger partial charge in [-0.2, -0.15) is 0 Å². The van der Waals surface area contributed by atoms with Gasteiger partial charge >= 0.3 is 5.97 Å². The molecule has 3 rings (SSSR count). The van der Waals surface area contributed by atoms with Crippen molar-refractivity contribution in [3.8, 4) is 0 Å². The van der Waals surface area contributed by atoms with Crippen LogP contribution in [0.25, 0.3) is 0 Å². The van der Waals surface area contributed by atoms with E-state index in [0.29, 0.717) is 43.9 Å². The van der Waals surface area contributed by atoms with Crippen LogP contribution in [-0.4, -0.2) is 67.4 Å². The molecule has 186 valence electrons. The molecule has 0 aliphatic carbocycles. The number of benzene rings is 2. The number of hydrogen-bond donors (Lipinski definition) is 2. The van der Waals surface area contributed by atoms with E-state index in [4.69, 9.17) is 4.74 Å². The van der Waals surface area contributed by atoms with Crippen molar-refractivity contribution in [2.45, 2.75) is 32.7 Å². The normalized spacial score (nSPS) is 15.7. The minimum atomic E-state index is -0.768. The van der Waals surface area contributed by atoms with Crippen LogP contribution in [0.4, 0.5) is 11.4 Å². The van der Waals surface area contributed by atoms with Gasteiger partial charge in [-0.05, 0) is 43.7 Å². The van der Waals surface area contributed by atoms with Crippen LogP contribution in [0.3, 0.4) is 0 Å². The lowest BCUT2D eigenvalue weighted by molar-refractivity contribution is -0.148. The van der Waals surface area contributed by atoms with Gasteiger partial charge in [-0.25, -0.2) is 0 Å². The van der Waals surface area contributed by atoms with Crippen LogP contribution in [-0.2, 0) is 19.1 Å². The quantitative estimate of drug-likeness (QED) is 0.506. The van der Waals surface area contributed by atoms with Crippen LogP contribution in [0.1, 0.15) is 37.0 Å². The molecule has 0 aromatic heterocycles. The predicted octanol–water partition coefficient (Wildman–Crippen LogP) is 2.44. The summed E-state index contributed by atoms with van der Waals surface area (Å²) in [5.74, 6) is -1.28. The Labute approximate surface area is 205 Å². The molecule has 3 amide bonds. The summed E-state index contributed by atoms with van der Waals surface area (Å²) < 4.78 is 5.11. The molecule has 9 nitrogen and oxygen atoms in total. The number of anilines is 2. The van der Waals surface area contributed by atoms with Crippen LogP contribution in [0.15, 0.2) is 54.6 Å². The Morgan fingerprint density at radius 2 is 1.89 bits per heavy atom. The summed E-state index contributed by atoms with van der Waals surface area (Å²) in [6.07, 6.45) is 0.576. The Hall–Kier alpha value is -3.72. The molecule has 1 atom stereocenters. The van der Waals surface area contributed by atoms with Gasteiger partial charge < -0.3 is 20.3 Å². The van der Waals surface area contributed by atoms with E-state index in [2.05, 4.69) is 10.6 Å². The van der Waals surface area contributed by atoms with Gasteiger partial charge in [-0.3, -0.25) is 24.1 Å². The first-order chi connectivity index (χ1) is 16.9. The molecule has 35 heavy (non-hydrogen) atoms. The average Bonchev–Trinajstić information content (AvgIpc) is 2.86. The molecule has 0 spiro atoms. The van der Waals surface area contributed by atoms with Gasteiger partial charge in [0.2, 0.25) is 11.8 Å². The minimum absolute atomic E-state index is 0.0670. The maximum atomic E-state index is 13.1. The van der Waals surface area contributed by atoms with Gasteiger partial charge in [0.15, 0.2) is 0 Å². The maximum absolute atomic E-state index is 13.1. The Balaban J connectivity index is 1.65. The van der Waals surface area contributed by atoms with E-state index >= 15 is 0 Å². The first-order valence-corrected chi connectivity index (χ1v) is 11.9. The van der Waals surface area contributed by atoms with E-state index in [1.54, 1.807) is 34.1 Å². The lowest BCUT2D eigenvalue weighted by Crippen LogP contribution is -2.57. The summed E-state index contributed by atoms with van der Waals surface area (Å²) in [5.41, 5.74) is 1.72. The van der Waals surface area contributed by atoms with Crippen molar-refractivity contribution in [1.29, 1.82) is 0 Å². The first kappa shape index (κ1) is 25.9. The van der Waals surface area contributed by atoms with Crippen LogP contribution in [0, 0.1) is 0 Å². The zero-order valence-corrected chi connectivity index (χ0v) is 20.2. The van der Waals surface area contributed by atoms with Crippen molar-refractivity contribution in [1.82, 2.24) is 10.2 Å². The molecule has 1 heterocycles. The lowest BCUT2D eigenvalue weighted by Gasteiger charge is -2.33. The highest BCUT2D eigenvalue weighted by Gasteiger charge is 2.33. The molecule has 9 heteroatoms. The molecule has 0 bridgehead atoms. The van der Waals surface area contributed by atoms with Crippen molar-refractivity contribution >= 4 is 35.1 Å². The molecular formula is C26H32N4O5. The molecule has 1 unspecified atom stereocenters. The number of ether oxygens (including phenoxy) is 1. The summed E-state index contributed by atoms with van der Waals surface area (Å²) in [6.45, 7) is 5.35. The van der Waals surface area contributed by atoms with E-state index in [-0.39, 0.29) is 30.7 Å². The van der Waals surface area contributed by atoms with E-state index in [1.807, 2.05) is 44.2 Å². The van der Waals surface area contributed by atoms with Crippen LogP contribution >= 0.6 is 0 Å². The lowest BCUT2D eigenvalue weighted by atomic mass is 10.1. The Bertz CT molecular complexity index is 1040. The second-order valence-electron chi connectivity index (χ2n) is 8.22. The predicted molar refractivity (Wildman–Crippen MR) is 133 cm³/mol. The standard InChI is InChI=1S/C26H32N4O5/c1-3-15-35-24(32)17-22-25(33)27-13-14-29(22)18-23(31)28-20-10-8-9-19(16-20)26(34)30(4-2)21-11-6-5-7-12-21/h5-12,16,22H,3-4,13-15,17-18H2,1-2H3,(H,27,33)(H,28,31). The van der Waals surface area contributed by atoms with Gasteiger partial charge in [0.1, 0.15) is 6.04 Å². The molecular weight excluding hydrogens is 448 g/mol. The molecule has 1 aliphatic heterocycles. The number of amides is 3. The van der Waals surface area contributed by atoms with Gasteiger partial charge in [0, 0.05) is 36.6 Å². The van der Waals surface area contributed by atoms with Crippen LogP contribution in [0.2, 0.25) is 0 Å². The number of carbonyl (C=O) groups excluding carboxylic acids is 4. The van der Waals surface area contributed by atoms with Crippen LogP contribution in [0.5, 0.6) is 0 Å². The van der Waals surface area contributed by atoms with Gasteiger partial charge in [0.05, 0.1) is 19.6 Å². The van der Waals surface area contributed by atoms with Crippen LogP contribution < -0.4 is 15.5 Å². The first-order valence-electron chi connectivity index (χ1n) is 11.9. The van der Waals surface area contributed by atoms with E-state index in [9.17, 15) is 19.2 Å². The Morgan fingerprint density at radius 3 is 2.60 bits per heavy atom. The van der Waals surface area contributed by atoms with E-state index in [0.717, 1.165) is 5.69 Å². The smallest absolute Gasteiger partial charge is 0.307 e. The SMILES string of the molecule is CCCOC(=O)CC1C(=O)NCCN1CC(=O)Nc1cccc(C(=O)N(CC)c2ccccc2)c1. The number of nitrogens with zero attached hydrogens (tertiary/aromatic N) is 2. The molecule has 1 aliphatic rings. The highest BCUT2D eigenvalue weighted by molar-refractivity contribution is 6.07. The molecule has 1 saturated heterocycles. The van der Waals surface area contributed by atoms with Crippen molar-refractivity contribution in [3.63, 3.8) is 0 Å². The summed E-state index contributed by atoms with van der Waals surface area (Å²) in [4.78, 5) is 53.6. The summed E-state index contributed by atoms with van der Waals surface area (Å²) in [7, 11) is 0.